The average Bonchev–Trinajstić information content (AvgIpc) is 2.62. The lowest BCUT2D eigenvalue weighted by Crippen LogP contribution is -2.49. The van der Waals surface area contributed by atoms with Crippen LogP contribution in [0.1, 0.15) is 19.3 Å². The van der Waals surface area contributed by atoms with Crippen LogP contribution < -0.4 is 5.32 Å². The second-order valence-electron chi connectivity index (χ2n) is 3.60. The largest absolute Gasteiger partial charge is 0.377 e. The molecule has 2 heterocycles. The summed E-state index contributed by atoms with van der Waals surface area (Å²) in [5, 5.41) is 12.9. The number of nitrogens with one attached hydrogen (secondary N) is 1. The maximum Gasteiger partial charge on any atom is 0.124 e. The van der Waals surface area contributed by atoms with Gasteiger partial charge in [-0.3, -0.25) is 5.32 Å². The van der Waals surface area contributed by atoms with Gasteiger partial charge in [-0.1, -0.05) is 11.9 Å². The molecule has 0 aromatic rings. The van der Waals surface area contributed by atoms with Crippen LogP contribution >= 0.6 is 11.9 Å². The van der Waals surface area contributed by atoms with E-state index in [0.29, 0.717) is 0 Å². The third-order valence-electron chi connectivity index (χ3n) is 3.09. The van der Waals surface area contributed by atoms with Crippen molar-refractivity contribution < 1.29 is 5.11 Å². The summed E-state index contributed by atoms with van der Waals surface area (Å²) in [6, 6.07) is 0. The van der Waals surface area contributed by atoms with Gasteiger partial charge < -0.3 is 5.11 Å². The van der Waals surface area contributed by atoms with Crippen LogP contribution in [0.3, 0.4) is 0 Å². The van der Waals surface area contributed by atoms with Gasteiger partial charge in [-0.05, 0) is 32.1 Å². The first-order valence-electron chi connectivity index (χ1n) is 4.53. The molecule has 0 amide bonds. The lowest BCUT2D eigenvalue weighted by molar-refractivity contribution is 0.0471. The summed E-state index contributed by atoms with van der Waals surface area (Å²) in [6.07, 6.45) is 5.24. The molecule has 3 nitrogen and oxygen atoms in total. The number of aliphatic hydroxyl groups excluding tert-OH is 1. The van der Waals surface area contributed by atoms with Crippen molar-refractivity contribution in [2.75, 3.05) is 19.3 Å². The van der Waals surface area contributed by atoms with E-state index in [1.165, 1.54) is 6.42 Å². The second kappa shape index (κ2) is 3.18. The Bertz CT molecular complexity index is 174. The topological polar surface area (TPSA) is 35.5 Å². The van der Waals surface area contributed by atoms with Crippen LogP contribution in [-0.4, -0.2) is 40.5 Å². The third kappa shape index (κ3) is 1.09. The summed E-state index contributed by atoms with van der Waals surface area (Å²) in [5.74, 6) is 0. The fourth-order valence-corrected chi connectivity index (χ4v) is 3.38. The molecule has 2 rings (SSSR count). The van der Waals surface area contributed by atoms with Crippen LogP contribution in [0.4, 0.5) is 0 Å². The first-order valence-corrected chi connectivity index (χ1v) is 5.71. The van der Waals surface area contributed by atoms with Crippen molar-refractivity contribution >= 4 is 11.9 Å². The van der Waals surface area contributed by atoms with E-state index in [1.807, 2.05) is 0 Å². The zero-order valence-corrected chi connectivity index (χ0v) is 8.23. The Hall–Kier alpha value is 0.230. The normalized spacial score (nSPS) is 43.0. The predicted octanol–water partition coefficient (Wildman–Crippen LogP) is 0.411. The van der Waals surface area contributed by atoms with Crippen LogP contribution in [-0.2, 0) is 0 Å². The average molecular weight is 188 g/mol. The minimum atomic E-state index is -0.313. The summed E-state index contributed by atoms with van der Waals surface area (Å²) in [5.41, 5.74) is 0.0550. The Morgan fingerprint density at radius 1 is 1.58 bits per heavy atom. The molecular formula is C8H16N2OS. The maximum atomic E-state index is 9.81. The smallest absolute Gasteiger partial charge is 0.124 e. The molecule has 0 aliphatic carbocycles. The molecule has 1 spiro atoms. The highest BCUT2D eigenvalue weighted by Crippen LogP contribution is 2.40. The summed E-state index contributed by atoms with van der Waals surface area (Å²) >= 11 is 1.77. The molecule has 2 saturated heterocycles. The summed E-state index contributed by atoms with van der Waals surface area (Å²) in [6.45, 7) is 2.08. The van der Waals surface area contributed by atoms with E-state index < -0.39 is 0 Å². The van der Waals surface area contributed by atoms with Crippen LogP contribution in [0.25, 0.3) is 0 Å². The Balaban J connectivity index is 2.17. The molecule has 0 radical (unpaired) electrons. The number of hydrogen-bond donors (Lipinski definition) is 2. The Labute approximate surface area is 77.6 Å². The van der Waals surface area contributed by atoms with E-state index in [2.05, 4.69) is 15.9 Å². The van der Waals surface area contributed by atoms with Gasteiger partial charge in [0.1, 0.15) is 6.23 Å². The molecule has 2 fully saturated rings. The molecule has 2 unspecified atom stereocenters. The maximum absolute atomic E-state index is 9.81. The molecular weight excluding hydrogens is 172 g/mol. The van der Waals surface area contributed by atoms with E-state index in [1.54, 1.807) is 11.9 Å². The highest BCUT2D eigenvalue weighted by atomic mass is 32.2. The molecule has 0 aromatic heterocycles. The van der Waals surface area contributed by atoms with Gasteiger partial charge in [0.25, 0.3) is 0 Å². The highest BCUT2D eigenvalue weighted by molar-refractivity contribution is 7.96. The Morgan fingerprint density at radius 2 is 2.42 bits per heavy atom. The van der Waals surface area contributed by atoms with Gasteiger partial charge in [0.2, 0.25) is 0 Å². The first kappa shape index (κ1) is 8.81. The monoisotopic (exact) mass is 188 g/mol. The molecule has 0 bridgehead atoms. The molecule has 0 saturated carbocycles. The van der Waals surface area contributed by atoms with Crippen LogP contribution in [0, 0.1) is 0 Å². The Kier molecular flexibility index (Phi) is 2.33. The molecule has 2 atom stereocenters. The highest BCUT2D eigenvalue weighted by Gasteiger charge is 2.49. The van der Waals surface area contributed by atoms with Crippen molar-refractivity contribution in [2.45, 2.75) is 31.0 Å². The lowest BCUT2D eigenvalue weighted by atomic mass is 9.95. The van der Waals surface area contributed by atoms with E-state index in [0.717, 1.165) is 25.9 Å². The zero-order valence-electron chi connectivity index (χ0n) is 7.42. The third-order valence-corrected chi connectivity index (χ3v) is 4.08. The van der Waals surface area contributed by atoms with Crippen LogP contribution in [0.2, 0.25) is 0 Å². The second-order valence-corrected chi connectivity index (χ2v) is 4.40. The summed E-state index contributed by atoms with van der Waals surface area (Å²) in [4.78, 5) is 0. The zero-order chi connectivity index (χ0) is 8.60. The van der Waals surface area contributed by atoms with Crippen molar-refractivity contribution in [1.29, 1.82) is 0 Å². The standard InChI is InChI=1S/C8H16N2OS/c1-12-10-6-2-3-8(10)4-5-9-7(8)11/h7,9,11H,2-6H2,1H3. The fraction of sp³-hybridized carbons (Fsp3) is 1.00. The molecule has 2 N–H and O–H groups in total. The molecule has 12 heavy (non-hydrogen) atoms. The molecule has 70 valence electrons. The van der Waals surface area contributed by atoms with Crippen molar-refractivity contribution in [1.82, 2.24) is 9.62 Å². The summed E-state index contributed by atoms with van der Waals surface area (Å²) < 4.78 is 2.34. The van der Waals surface area contributed by atoms with E-state index >= 15 is 0 Å². The van der Waals surface area contributed by atoms with Gasteiger partial charge in [0.05, 0.1) is 5.54 Å². The van der Waals surface area contributed by atoms with Crippen molar-refractivity contribution in [2.24, 2.45) is 0 Å². The first-order chi connectivity index (χ1) is 5.79. The van der Waals surface area contributed by atoms with Crippen molar-refractivity contribution in [3.8, 4) is 0 Å². The molecule has 0 aromatic carbocycles. The molecule has 2 aliphatic rings. The number of aliphatic hydroxyl groups is 1. The van der Waals surface area contributed by atoms with Crippen LogP contribution in [0.5, 0.6) is 0 Å². The predicted molar refractivity (Wildman–Crippen MR) is 50.8 cm³/mol. The van der Waals surface area contributed by atoms with Gasteiger partial charge in [-0.2, -0.15) is 0 Å². The number of rotatable bonds is 1. The van der Waals surface area contributed by atoms with Gasteiger partial charge in [-0.25, -0.2) is 4.31 Å². The van der Waals surface area contributed by atoms with Gasteiger partial charge in [-0.15, -0.1) is 0 Å². The van der Waals surface area contributed by atoms with Crippen LogP contribution in [0.15, 0.2) is 0 Å². The van der Waals surface area contributed by atoms with Gasteiger partial charge in [0.15, 0.2) is 0 Å². The number of hydrogen-bond acceptors (Lipinski definition) is 4. The minimum Gasteiger partial charge on any atom is -0.377 e. The summed E-state index contributed by atoms with van der Waals surface area (Å²) in [7, 11) is 0. The van der Waals surface area contributed by atoms with E-state index in [4.69, 9.17) is 0 Å². The van der Waals surface area contributed by atoms with E-state index in [9.17, 15) is 5.11 Å². The van der Waals surface area contributed by atoms with E-state index in [-0.39, 0.29) is 11.8 Å². The number of nitrogens with zero attached hydrogens (tertiary/aromatic N) is 1. The quantitative estimate of drug-likeness (QED) is 0.584. The molecule has 4 heteroatoms. The SMILES string of the molecule is CSN1CCCC12CCNC2O. The Morgan fingerprint density at radius 3 is 3.00 bits per heavy atom. The molecule has 2 aliphatic heterocycles. The van der Waals surface area contributed by atoms with Gasteiger partial charge >= 0.3 is 0 Å². The van der Waals surface area contributed by atoms with Gasteiger partial charge in [0, 0.05) is 6.54 Å². The van der Waals surface area contributed by atoms with Crippen molar-refractivity contribution in [3.63, 3.8) is 0 Å². The lowest BCUT2D eigenvalue weighted by Gasteiger charge is -2.35. The minimum absolute atomic E-state index is 0.0550. The van der Waals surface area contributed by atoms with Crippen molar-refractivity contribution in [3.05, 3.63) is 0 Å². The fourth-order valence-electron chi connectivity index (χ4n) is 2.42.